The fraction of sp³-hybridized carbons (Fsp3) is 0.385. The van der Waals surface area contributed by atoms with E-state index in [1.165, 1.54) is 35.1 Å². The number of rotatable bonds is 11. The molecule has 4 rings (SSSR count). The van der Waals surface area contributed by atoms with Gasteiger partial charge >= 0.3 is 0 Å². The van der Waals surface area contributed by atoms with E-state index in [1.807, 2.05) is 16.7 Å². The minimum absolute atomic E-state index is 0.0870. The summed E-state index contributed by atoms with van der Waals surface area (Å²) >= 11 is 7.32. The molecule has 1 aliphatic heterocycles. The van der Waals surface area contributed by atoms with Crippen LogP contribution in [0.1, 0.15) is 48.8 Å². The number of nitrogens with zero attached hydrogens (tertiary/aromatic N) is 4. The lowest BCUT2D eigenvalue weighted by molar-refractivity contribution is -0.118. The lowest BCUT2D eigenvalue weighted by Gasteiger charge is -2.25. The molecular weight excluding hydrogens is 546 g/mol. The van der Waals surface area contributed by atoms with Crippen molar-refractivity contribution in [3.05, 3.63) is 64.9 Å². The van der Waals surface area contributed by atoms with Gasteiger partial charge in [-0.15, -0.1) is 10.2 Å². The van der Waals surface area contributed by atoms with Gasteiger partial charge in [0.2, 0.25) is 15.9 Å². The third kappa shape index (κ3) is 7.02. The molecule has 0 radical (unpaired) electrons. The van der Waals surface area contributed by atoms with Crippen molar-refractivity contribution < 1.29 is 18.0 Å². The SMILES string of the molecule is CC(=O)NCCCc1nnc(SCC(=O)c2ccc(S(=O)(=O)N3CCCCC3)cc2)n1-c1ccc(Cl)cc1. The molecule has 1 saturated heterocycles. The highest BCUT2D eigenvalue weighted by Gasteiger charge is 2.26. The van der Waals surface area contributed by atoms with Gasteiger partial charge in [-0.25, -0.2) is 8.42 Å². The van der Waals surface area contributed by atoms with Gasteiger partial charge in [0.1, 0.15) is 5.82 Å². The zero-order chi connectivity index (χ0) is 27.1. The minimum atomic E-state index is -3.55. The summed E-state index contributed by atoms with van der Waals surface area (Å²) < 4.78 is 29.2. The molecule has 38 heavy (non-hydrogen) atoms. The first-order chi connectivity index (χ1) is 18.3. The molecule has 2 aromatic carbocycles. The van der Waals surface area contributed by atoms with E-state index in [0.29, 0.717) is 54.0 Å². The maximum atomic E-state index is 13.0. The molecule has 1 fully saturated rings. The van der Waals surface area contributed by atoms with Gasteiger partial charge in [-0.3, -0.25) is 14.2 Å². The average Bonchev–Trinajstić information content (AvgIpc) is 3.33. The quantitative estimate of drug-likeness (QED) is 0.208. The molecule has 0 atom stereocenters. The summed E-state index contributed by atoms with van der Waals surface area (Å²) in [5.74, 6) is 0.585. The maximum Gasteiger partial charge on any atom is 0.243 e. The van der Waals surface area contributed by atoms with Crippen LogP contribution in [-0.4, -0.2) is 64.6 Å². The van der Waals surface area contributed by atoms with E-state index in [1.54, 1.807) is 24.3 Å². The number of sulfonamides is 1. The monoisotopic (exact) mass is 575 g/mol. The van der Waals surface area contributed by atoms with Crippen LogP contribution in [0.4, 0.5) is 0 Å². The van der Waals surface area contributed by atoms with E-state index in [2.05, 4.69) is 15.5 Å². The highest BCUT2D eigenvalue weighted by molar-refractivity contribution is 7.99. The second-order valence-electron chi connectivity index (χ2n) is 9.00. The van der Waals surface area contributed by atoms with Crippen LogP contribution < -0.4 is 5.32 Å². The first-order valence-corrected chi connectivity index (χ1v) is 15.3. The summed E-state index contributed by atoms with van der Waals surface area (Å²) in [5.41, 5.74) is 1.25. The normalized spacial score (nSPS) is 14.4. The van der Waals surface area contributed by atoms with Gasteiger partial charge in [-0.1, -0.05) is 41.9 Å². The molecule has 0 aliphatic carbocycles. The largest absolute Gasteiger partial charge is 0.356 e. The summed E-state index contributed by atoms with van der Waals surface area (Å²) in [6.45, 7) is 3.06. The van der Waals surface area contributed by atoms with Crippen LogP contribution in [0.2, 0.25) is 5.02 Å². The number of hydrogen-bond donors (Lipinski definition) is 1. The number of aromatic nitrogens is 3. The highest BCUT2D eigenvalue weighted by Crippen LogP contribution is 2.26. The molecule has 0 saturated carbocycles. The third-order valence-corrected chi connectivity index (χ3v) is 9.29. The van der Waals surface area contributed by atoms with E-state index in [0.717, 1.165) is 24.9 Å². The number of ketones is 1. The maximum absolute atomic E-state index is 13.0. The van der Waals surface area contributed by atoms with Crippen LogP contribution in [0.3, 0.4) is 0 Å². The van der Waals surface area contributed by atoms with Gasteiger partial charge in [0, 0.05) is 49.3 Å². The number of benzene rings is 2. The van der Waals surface area contributed by atoms with E-state index in [9.17, 15) is 18.0 Å². The number of carbonyl (C=O) groups excluding carboxylic acids is 2. The second kappa shape index (κ2) is 12.9. The molecule has 0 bridgehead atoms. The summed E-state index contributed by atoms with van der Waals surface area (Å²) in [5, 5.41) is 12.6. The first-order valence-electron chi connectivity index (χ1n) is 12.5. The lowest BCUT2D eigenvalue weighted by atomic mass is 10.1. The molecule has 1 aromatic heterocycles. The number of thioether (sulfide) groups is 1. The highest BCUT2D eigenvalue weighted by atomic mass is 35.5. The van der Waals surface area contributed by atoms with Gasteiger partial charge in [0.25, 0.3) is 0 Å². The van der Waals surface area contributed by atoms with Crippen molar-refractivity contribution in [3.8, 4) is 5.69 Å². The van der Waals surface area contributed by atoms with Crippen molar-refractivity contribution in [1.29, 1.82) is 0 Å². The fourth-order valence-electron chi connectivity index (χ4n) is 4.20. The minimum Gasteiger partial charge on any atom is -0.356 e. The molecular formula is C26H30ClN5O4S2. The Bertz CT molecular complexity index is 1370. The van der Waals surface area contributed by atoms with Crippen LogP contribution in [0.25, 0.3) is 5.69 Å². The summed E-state index contributed by atoms with van der Waals surface area (Å²) in [7, 11) is -3.55. The molecule has 9 nitrogen and oxygen atoms in total. The van der Waals surface area contributed by atoms with E-state index in [4.69, 9.17) is 11.6 Å². The Hall–Kier alpha value is -2.73. The fourth-order valence-corrected chi connectivity index (χ4v) is 6.71. The predicted molar refractivity (Wildman–Crippen MR) is 147 cm³/mol. The number of nitrogens with one attached hydrogen (secondary N) is 1. The average molecular weight is 576 g/mol. The smallest absolute Gasteiger partial charge is 0.243 e. The standard InChI is InChI=1S/C26H30ClN5O4S2/c1-19(33)28-15-5-6-25-29-30-26(32(25)22-11-9-21(27)10-12-22)37-18-24(34)20-7-13-23(14-8-20)38(35,36)31-16-3-2-4-17-31/h7-14H,2-6,15-18H2,1H3,(H,28,33). The Morgan fingerprint density at radius 3 is 2.34 bits per heavy atom. The van der Waals surface area contributed by atoms with Crippen molar-refractivity contribution in [3.63, 3.8) is 0 Å². The molecule has 0 unspecified atom stereocenters. The number of aryl methyl sites for hydroxylation is 1. The van der Waals surface area contributed by atoms with Crippen LogP contribution in [-0.2, 0) is 21.2 Å². The molecule has 3 aromatic rings. The molecule has 2 heterocycles. The Balaban J connectivity index is 1.45. The first kappa shape index (κ1) is 28.3. The van der Waals surface area contributed by atoms with Crippen molar-refractivity contribution in [2.75, 3.05) is 25.4 Å². The number of piperidine rings is 1. The lowest BCUT2D eigenvalue weighted by Crippen LogP contribution is -2.35. The number of halogens is 1. The molecule has 1 aliphatic rings. The summed E-state index contributed by atoms with van der Waals surface area (Å²) in [6.07, 6.45) is 4.04. The Morgan fingerprint density at radius 1 is 1.00 bits per heavy atom. The van der Waals surface area contributed by atoms with Gasteiger partial charge in [-0.05, 0) is 55.7 Å². The molecule has 202 valence electrons. The third-order valence-electron chi connectivity index (χ3n) is 6.20. The Morgan fingerprint density at radius 2 is 1.68 bits per heavy atom. The van der Waals surface area contributed by atoms with Crippen molar-refractivity contribution >= 4 is 45.1 Å². The van der Waals surface area contributed by atoms with E-state index >= 15 is 0 Å². The number of hydrogen-bond acceptors (Lipinski definition) is 7. The van der Waals surface area contributed by atoms with Crippen LogP contribution in [0.15, 0.2) is 58.6 Å². The molecule has 0 spiro atoms. The Kier molecular flexibility index (Phi) is 9.59. The van der Waals surface area contributed by atoms with Crippen molar-refractivity contribution in [1.82, 2.24) is 24.4 Å². The van der Waals surface area contributed by atoms with Gasteiger partial charge in [-0.2, -0.15) is 4.31 Å². The number of carbonyl (C=O) groups is 2. The van der Waals surface area contributed by atoms with Crippen LogP contribution in [0.5, 0.6) is 0 Å². The zero-order valence-corrected chi connectivity index (χ0v) is 23.5. The molecule has 1 N–H and O–H groups in total. The van der Waals surface area contributed by atoms with E-state index < -0.39 is 10.0 Å². The Labute approximate surface area is 232 Å². The van der Waals surface area contributed by atoms with Crippen molar-refractivity contribution in [2.24, 2.45) is 0 Å². The van der Waals surface area contributed by atoms with Crippen molar-refractivity contribution in [2.45, 2.75) is 49.1 Å². The summed E-state index contributed by atoms with van der Waals surface area (Å²) in [6, 6.07) is 13.4. The molecule has 1 amide bonds. The summed E-state index contributed by atoms with van der Waals surface area (Å²) in [4.78, 5) is 24.3. The number of Topliss-reactive ketones (excluding diaryl/α,β-unsaturated/α-hetero) is 1. The topological polar surface area (TPSA) is 114 Å². The zero-order valence-electron chi connectivity index (χ0n) is 21.1. The number of amides is 1. The molecule has 12 heteroatoms. The van der Waals surface area contributed by atoms with Gasteiger partial charge in [0.05, 0.1) is 10.6 Å². The van der Waals surface area contributed by atoms with Crippen LogP contribution in [0, 0.1) is 0 Å². The van der Waals surface area contributed by atoms with Gasteiger partial charge < -0.3 is 5.32 Å². The van der Waals surface area contributed by atoms with Gasteiger partial charge in [0.15, 0.2) is 10.9 Å². The second-order valence-corrected chi connectivity index (χ2v) is 12.3. The van der Waals surface area contributed by atoms with E-state index in [-0.39, 0.29) is 22.3 Å². The predicted octanol–water partition coefficient (Wildman–Crippen LogP) is 4.14. The van der Waals surface area contributed by atoms with Crippen LogP contribution >= 0.6 is 23.4 Å².